The third kappa shape index (κ3) is 4.43. The van der Waals surface area contributed by atoms with Crippen molar-refractivity contribution < 1.29 is 4.74 Å². The van der Waals surface area contributed by atoms with E-state index in [0.717, 1.165) is 29.9 Å². The summed E-state index contributed by atoms with van der Waals surface area (Å²) in [5, 5.41) is 3.71. The molecule has 0 aromatic heterocycles. The van der Waals surface area contributed by atoms with Crippen LogP contribution in [0.1, 0.15) is 47.0 Å². The van der Waals surface area contributed by atoms with Gasteiger partial charge < -0.3 is 10.1 Å². The Balaban J connectivity index is 2.01. The summed E-state index contributed by atoms with van der Waals surface area (Å²) in [7, 11) is 0. The van der Waals surface area contributed by atoms with Crippen molar-refractivity contribution in [3.63, 3.8) is 0 Å². The van der Waals surface area contributed by atoms with Gasteiger partial charge in [-0.25, -0.2) is 0 Å². The highest BCUT2D eigenvalue weighted by Crippen LogP contribution is 2.33. The van der Waals surface area contributed by atoms with Crippen LogP contribution in [0.3, 0.4) is 0 Å². The van der Waals surface area contributed by atoms with Crippen molar-refractivity contribution in [2.45, 2.75) is 53.0 Å². The first-order valence-electron chi connectivity index (χ1n) is 8.03. The molecule has 2 unspecified atom stereocenters. The van der Waals surface area contributed by atoms with Crippen molar-refractivity contribution in [3.05, 3.63) is 24.3 Å². The molecule has 1 N–H and O–H groups in total. The Bertz CT molecular complexity index is 406. The standard InChI is InChI=1S/C18H29NO/c1-13(2)12-20-18-8-6-5-7-17(18)19-16-10-14(3)9-15(4)11-16/h5-8,13-16,19H,9-12H2,1-4H3. The van der Waals surface area contributed by atoms with Gasteiger partial charge in [0.2, 0.25) is 0 Å². The summed E-state index contributed by atoms with van der Waals surface area (Å²) in [6.45, 7) is 9.87. The fraction of sp³-hybridized carbons (Fsp3) is 0.667. The number of rotatable bonds is 5. The van der Waals surface area contributed by atoms with E-state index in [2.05, 4.69) is 51.2 Å². The smallest absolute Gasteiger partial charge is 0.142 e. The van der Waals surface area contributed by atoms with Gasteiger partial charge in [-0.15, -0.1) is 0 Å². The maximum absolute atomic E-state index is 5.93. The highest BCUT2D eigenvalue weighted by molar-refractivity contribution is 5.56. The highest BCUT2D eigenvalue weighted by Gasteiger charge is 2.24. The number of anilines is 1. The van der Waals surface area contributed by atoms with Gasteiger partial charge in [0.25, 0.3) is 0 Å². The van der Waals surface area contributed by atoms with Gasteiger partial charge in [-0.1, -0.05) is 39.8 Å². The van der Waals surface area contributed by atoms with E-state index in [9.17, 15) is 0 Å². The molecule has 0 amide bonds. The molecule has 112 valence electrons. The fourth-order valence-corrected chi connectivity index (χ4v) is 3.25. The fourth-order valence-electron chi connectivity index (χ4n) is 3.25. The molecule has 20 heavy (non-hydrogen) atoms. The van der Waals surface area contributed by atoms with Gasteiger partial charge in [0.1, 0.15) is 5.75 Å². The number of nitrogens with one attached hydrogen (secondary N) is 1. The lowest BCUT2D eigenvalue weighted by Gasteiger charge is -2.33. The Hall–Kier alpha value is -1.18. The Kier molecular flexibility index (Phi) is 5.33. The average molecular weight is 275 g/mol. The monoisotopic (exact) mass is 275 g/mol. The molecule has 1 aliphatic rings. The van der Waals surface area contributed by atoms with Crippen molar-refractivity contribution in [1.82, 2.24) is 0 Å². The minimum absolute atomic E-state index is 0.554. The topological polar surface area (TPSA) is 21.3 Å². The number of ether oxygens (including phenoxy) is 1. The molecular weight excluding hydrogens is 246 g/mol. The molecule has 0 heterocycles. The van der Waals surface area contributed by atoms with Crippen LogP contribution in [0.4, 0.5) is 5.69 Å². The second-order valence-electron chi connectivity index (χ2n) is 6.96. The molecule has 1 fully saturated rings. The van der Waals surface area contributed by atoms with E-state index in [1.807, 2.05) is 6.07 Å². The first-order valence-corrected chi connectivity index (χ1v) is 8.03. The molecule has 1 aromatic carbocycles. The van der Waals surface area contributed by atoms with E-state index in [1.54, 1.807) is 0 Å². The molecule has 1 aromatic rings. The van der Waals surface area contributed by atoms with Crippen LogP contribution in [0.25, 0.3) is 0 Å². The summed E-state index contributed by atoms with van der Waals surface area (Å²) in [5.41, 5.74) is 1.15. The molecule has 1 aliphatic carbocycles. The zero-order valence-corrected chi connectivity index (χ0v) is 13.4. The summed E-state index contributed by atoms with van der Waals surface area (Å²) in [4.78, 5) is 0. The molecule has 2 atom stereocenters. The minimum atomic E-state index is 0.554. The van der Waals surface area contributed by atoms with Gasteiger partial charge in [0.15, 0.2) is 0 Å². The summed E-state index contributed by atoms with van der Waals surface area (Å²) < 4.78 is 5.93. The van der Waals surface area contributed by atoms with Gasteiger partial charge in [-0.05, 0) is 49.1 Å². The third-order valence-corrected chi connectivity index (χ3v) is 4.00. The summed E-state index contributed by atoms with van der Waals surface area (Å²) in [6.07, 6.45) is 3.90. The lowest BCUT2D eigenvalue weighted by atomic mass is 9.80. The van der Waals surface area contributed by atoms with Crippen molar-refractivity contribution in [2.75, 3.05) is 11.9 Å². The SMILES string of the molecule is CC(C)COc1ccccc1NC1CC(C)CC(C)C1. The van der Waals surface area contributed by atoms with Crippen LogP contribution < -0.4 is 10.1 Å². The van der Waals surface area contributed by atoms with E-state index >= 15 is 0 Å². The largest absolute Gasteiger partial charge is 0.491 e. The van der Waals surface area contributed by atoms with E-state index in [-0.39, 0.29) is 0 Å². The Morgan fingerprint density at radius 3 is 2.40 bits per heavy atom. The van der Waals surface area contributed by atoms with E-state index in [4.69, 9.17) is 4.74 Å². The highest BCUT2D eigenvalue weighted by atomic mass is 16.5. The van der Waals surface area contributed by atoms with E-state index in [0.29, 0.717) is 12.0 Å². The predicted octanol–water partition coefficient (Wildman–Crippen LogP) is 4.96. The van der Waals surface area contributed by atoms with Crippen LogP contribution in [0.2, 0.25) is 0 Å². The second-order valence-corrected chi connectivity index (χ2v) is 6.96. The molecule has 0 saturated heterocycles. The second kappa shape index (κ2) is 7.01. The zero-order valence-electron chi connectivity index (χ0n) is 13.4. The summed E-state index contributed by atoms with van der Waals surface area (Å²) in [5.74, 6) is 3.19. The zero-order chi connectivity index (χ0) is 14.5. The number of hydrogen-bond donors (Lipinski definition) is 1. The quantitative estimate of drug-likeness (QED) is 0.820. The minimum Gasteiger partial charge on any atom is -0.491 e. The molecule has 2 rings (SSSR count). The van der Waals surface area contributed by atoms with Gasteiger partial charge in [0, 0.05) is 6.04 Å². The average Bonchev–Trinajstić information content (AvgIpc) is 2.36. The van der Waals surface area contributed by atoms with Crippen LogP contribution in [0.5, 0.6) is 5.75 Å². The maximum atomic E-state index is 5.93. The lowest BCUT2D eigenvalue weighted by Crippen LogP contribution is -2.30. The van der Waals surface area contributed by atoms with Crippen molar-refractivity contribution in [3.8, 4) is 5.75 Å². The Morgan fingerprint density at radius 1 is 1.10 bits per heavy atom. The summed E-state index contributed by atoms with van der Waals surface area (Å²) in [6, 6.07) is 8.92. The normalized spacial score (nSPS) is 26.6. The van der Waals surface area contributed by atoms with Crippen LogP contribution in [0.15, 0.2) is 24.3 Å². The first-order chi connectivity index (χ1) is 9.54. The molecule has 1 saturated carbocycles. The van der Waals surface area contributed by atoms with Crippen LogP contribution >= 0.6 is 0 Å². The molecule has 2 heteroatoms. The predicted molar refractivity (Wildman–Crippen MR) is 86.4 cm³/mol. The molecule has 0 aliphatic heterocycles. The van der Waals surface area contributed by atoms with Gasteiger partial charge in [0.05, 0.1) is 12.3 Å². The molecule has 2 nitrogen and oxygen atoms in total. The summed E-state index contributed by atoms with van der Waals surface area (Å²) >= 11 is 0. The number of hydrogen-bond acceptors (Lipinski definition) is 2. The molecular formula is C18H29NO. The molecule has 0 bridgehead atoms. The Labute approximate surface area is 123 Å². The van der Waals surface area contributed by atoms with E-state index in [1.165, 1.54) is 19.3 Å². The number of para-hydroxylation sites is 2. The van der Waals surface area contributed by atoms with E-state index < -0.39 is 0 Å². The Morgan fingerprint density at radius 2 is 1.75 bits per heavy atom. The van der Waals surface area contributed by atoms with Crippen molar-refractivity contribution >= 4 is 5.69 Å². The van der Waals surface area contributed by atoms with Gasteiger partial charge >= 0.3 is 0 Å². The lowest BCUT2D eigenvalue weighted by molar-refractivity contribution is 0.267. The third-order valence-electron chi connectivity index (χ3n) is 4.00. The number of benzene rings is 1. The molecule has 0 radical (unpaired) electrons. The van der Waals surface area contributed by atoms with Crippen molar-refractivity contribution in [1.29, 1.82) is 0 Å². The van der Waals surface area contributed by atoms with Crippen LogP contribution in [0, 0.1) is 17.8 Å². The van der Waals surface area contributed by atoms with Gasteiger partial charge in [-0.2, -0.15) is 0 Å². The molecule has 0 spiro atoms. The first kappa shape index (κ1) is 15.2. The van der Waals surface area contributed by atoms with Gasteiger partial charge in [-0.3, -0.25) is 0 Å². The van der Waals surface area contributed by atoms with Crippen LogP contribution in [-0.4, -0.2) is 12.6 Å². The van der Waals surface area contributed by atoms with Crippen LogP contribution in [-0.2, 0) is 0 Å². The van der Waals surface area contributed by atoms with Crippen molar-refractivity contribution in [2.24, 2.45) is 17.8 Å². The maximum Gasteiger partial charge on any atom is 0.142 e.